The molecule has 0 aliphatic rings. The summed E-state index contributed by atoms with van der Waals surface area (Å²) in [4.78, 5) is 21.2. The van der Waals surface area contributed by atoms with E-state index in [1.165, 1.54) is 28.9 Å². The molecule has 1 aromatic carbocycles. The predicted octanol–water partition coefficient (Wildman–Crippen LogP) is 2.13. The fraction of sp³-hybridized carbons (Fsp3) is 0.167. The number of carboxylic acid groups (broad SMARTS) is 1. The number of carboxylic acids is 1. The Morgan fingerprint density at radius 3 is 2.50 bits per heavy atom. The number of hydrogen-bond donors (Lipinski definition) is 1. The van der Waals surface area contributed by atoms with Crippen LogP contribution in [-0.2, 0) is 7.05 Å². The maximum atomic E-state index is 11.2. The van der Waals surface area contributed by atoms with Gasteiger partial charge in [-0.15, -0.1) is 0 Å². The van der Waals surface area contributed by atoms with Crippen LogP contribution in [0, 0.1) is 17.0 Å². The van der Waals surface area contributed by atoms with Gasteiger partial charge in [0, 0.05) is 19.2 Å². The van der Waals surface area contributed by atoms with E-state index in [4.69, 9.17) is 9.84 Å². The Kier molecular flexibility index (Phi) is 3.38. The Labute approximate surface area is 113 Å². The molecule has 0 unspecified atom stereocenters. The number of nitro benzene ring substituents is 1. The Hall–Kier alpha value is -2.90. The van der Waals surface area contributed by atoms with Crippen molar-refractivity contribution in [2.45, 2.75) is 6.92 Å². The Bertz CT molecular complexity index is 675. The van der Waals surface area contributed by atoms with Crippen LogP contribution in [0.1, 0.15) is 16.1 Å². The van der Waals surface area contributed by atoms with E-state index >= 15 is 0 Å². The minimum Gasteiger partial charge on any atom is -0.477 e. The molecular weight excluding hydrogens is 266 g/mol. The zero-order chi connectivity index (χ0) is 14.9. The highest BCUT2D eigenvalue weighted by Gasteiger charge is 2.21. The number of benzene rings is 1. The molecule has 104 valence electrons. The molecule has 0 aliphatic carbocycles. The van der Waals surface area contributed by atoms with E-state index in [0.717, 1.165) is 0 Å². The second kappa shape index (κ2) is 5.00. The minimum atomic E-state index is -1.15. The summed E-state index contributed by atoms with van der Waals surface area (Å²) >= 11 is 0. The first-order chi connectivity index (χ1) is 9.40. The summed E-state index contributed by atoms with van der Waals surface area (Å²) in [6.45, 7) is 1.56. The quantitative estimate of drug-likeness (QED) is 0.677. The lowest BCUT2D eigenvalue weighted by Crippen LogP contribution is -2.02. The number of ether oxygens (including phenoxy) is 1. The number of nitro groups is 1. The molecule has 0 amide bonds. The molecular formula is C12H11N3O5. The highest BCUT2D eigenvalue weighted by atomic mass is 16.6. The zero-order valence-electron chi connectivity index (χ0n) is 10.7. The zero-order valence-corrected chi connectivity index (χ0v) is 10.7. The molecule has 8 nitrogen and oxygen atoms in total. The lowest BCUT2D eigenvalue weighted by molar-refractivity contribution is -0.384. The van der Waals surface area contributed by atoms with E-state index in [0.29, 0.717) is 11.4 Å². The van der Waals surface area contributed by atoms with Crippen molar-refractivity contribution in [3.05, 3.63) is 45.6 Å². The van der Waals surface area contributed by atoms with Gasteiger partial charge in [0.25, 0.3) is 5.69 Å². The van der Waals surface area contributed by atoms with Crippen LogP contribution in [0.3, 0.4) is 0 Å². The van der Waals surface area contributed by atoms with Gasteiger partial charge in [-0.2, -0.15) is 5.10 Å². The average Bonchev–Trinajstić information content (AvgIpc) is 2.64. The molecule has 1 N–H and O–H groups in total. The predicted molar refractivity (Wildman–Crippen MR) is 68.1 cm³/mol. The van der Waals surface area contributed by atoms with E-state index in [9.17, 15) is 14.9 Å². The largest absolute Gasteiger partial charge is 0.477 e. The molecule has 0 atom stereocenters. The molecule has 0 bridgehead atoms. The lowest BCUT2D eigenvalue weighted by atomic mass is 10.2. The number of aromatic nitrogens is 2. The molecule has 0 saturated heterocycles. The summed E-state index contributed by atoms with van der Waals surface area (Å²) in [5.41, 5.74) is 0.222. The van der Waals surface area contributed by atoms with E-state index in [1.54, 1.807) is 14.0 Å². The SMILES string of the molecule is Cc1nn(C)c(Oc2ccc([N+](=O)[O-])cc2)c1C(=O)O. The number of aromatic carboxylic acids is 1. The second-order valence-corrected chi connectivity index (χ2v) is 4.05. The van der Waals surface area contributed by atoms with Crippen molar-refractivity contribution in [3.63, 3.8) is 0 Å². The van der Waals surface area contributed by atoms with Gasteiger partial charge >= 0.3 is 5.97 Å². The summed E-state index contributed by atoms with van der Waals surface area (Å²) in [6, 6.07) is 5.34. The van der Waals surface area contributed by atoms with Crippen LogP contribution in [0.5, 0.6) is 11.6 Å². The van der Waals surface area contributed by atoms with Crippen LogP contribution < -0.4 is 4.74 Å². The van der Waals surface area contributed by atoms with E-state index in [2.05, 4.69) is 5.10 Å². The smallest absolute Gasteiger partial charge is 0.343 e. The van der Waals surface area contributed by atoms with E-state index < -0.39 is 10.9 Å². The standard InChI is InChI=1S/C12H11N3O5/c1-7-10(12(16)17)11(14(2)13-7)20-9-5-3-8(4-6-9)15(18)19/h3-6H,1-2H3,(H,16,17). The van der Waals surface area contributed by atoms with Crippen molar-refractivity contribution >= 4 is 11.7 Å². The fourth-order valence-corrected chi connectivity index (χ4v) is 1.75. The van der Waals surface area contributed by atoms with Gasteiger partial charge in [0.1, 0.15) is 11.3 Å². The first kappa shape index (κ1) is 13.5. The molecule has 8 heteroatoms. The fourth-order valence-electron chi connectivity index (χ4n) is 1.75. The summed E-state index contributed by atoms with van der Waals surface area (Å²) < 4.78 is 6.76. The van der Waals surface area contributed by atoms with Gasteiger partial charge in [-0.05, 0) is 19.1 Å². The van der Waals surface area contributed by atoms with Crippen LogP contribution in [0.2, 0.25) is 0 Å². The van der Waals surface area contributed by atoms with Crippen molar-refractivity contribution in [3.8, 4) is 11.6 Å². The Morgan fingerprint density at radius 1 is 1.40 bits per heavy atom. The molecule has 0 spiro atoms. The first-order valence-corrected chi connectivity index (χ1v) is 5.59. The van der Waals surface area contributed by atoms with Crippen molar-refractivity contribution in [2.75, 3.05) is 0 Å². The first-order valence-electron chi connectivity index (χ1n) is 5.59. The van der Waals surface area contributed by atoms with Crippen LogP contribution in [0.4, 0.5) is 5.69 Å². The molecule has 0 fully saturated rings. The molecule has 2 aromatic rings. The Balaban J connectivity index is 2.35. The Morgan fingerprint density at radius 2 is 2.00 bits per heavy atom. The van der Waals surface area contributed by atoms with Gasteiger partial charge in [-0.1, -0.05) is 0 Å². The van der Waals surface area contributed by atoms with Gasteiger partial charge in [-0.3, -0.25) is 10.1 Å². The molecule has 1 aromatic heterocycles. The number of nitrogens with zero attached hydrogens (tertiary/aromatic N) is 3. The van der Waals surface area contributed by atoms with E-state index in [1.807, 2.05) is 0 Å². The third-order valence-corrected chi connectivity index (χ3v) is 2.65. The second-order valence-electron chi connectivity index (χ2n) is 4.05. The van der Waals surface area contributed by atoms with Crippen molar-refractivity contribution in [1.29, 1.82) is 0 Å². The molecule has 20 heavy (non-hydrogen) atoms. The average molecular weight is 277 g/mol. The minimum absolute atomic E-state index is 0.0362. The van der Waals surface area contributed by atoms with Gasteiger partial charge in [0.2, 0.25) is 5.88 Å². The van der Waals surface area contributed by atoms with Gasteiger partial charge in [0.15, 0.2) is 0 Å². The topological polar surface area (TPSA) is 107 Å². The summed E-state index contributed by atoms with van der Waals surface area (Å²) in [7, 11) is 1.56. The lowest BCUT2D eigenvalue weighted by Gasteiger charge is -2.06. The van der Waals surface area contributed by atoms with E-state index in [-0.39, 0.29) is 17.1 Å². The summed E-state index contributed by atoms with van der Waals surface area (Å²) in [6.07, 6.45) is 0. The maximum absolute atomic E-state index is 11.2. The van der Waals surface area contributed by atoms with Crippen LogP contribution in [0.15, 0.2) is 24.3 Å². The molecule has 0 radical (unpaired) electrons. The van der Waals surface area contributed by atoms with Gasteiger partial charge in [-0.25, -0.2) is 9.48 Å². The number of carbonyl (C=O) groups is 1. The van der Waals surface area contributed by atoms with Gasteiger partial charge in [0.05, 0.1) is 10.6 Å². The van der Waals surface area contributed by atoms with Crippen molar-refractivity contribution < 1.29 is 19.6 Å². The van der Waals surface area contributed by atoms with Crippen LogP contribution in [-0.4, -0.2) is 25.8 Å². The molecule has 0 saturated carbocycles. The van der Waals surface area contributed by atoms with Gasteiger partial charge < -0.3 is 9.84 Å². The number of aryl methyl sites for hydroxylation is 2. The molecule has 0 aliphatic heterocycles. The monoisotopic (exact) mass is 277 g/mol. The van der Waals surface area contributed by atoms with Crippen molar-refractivity contribution in [2.24, 2.45) is 7.05 Å². The highest BCUT2D eigenvalue weighted by molar-refractivity contribution is 5.91. The summed E-state index contributed by atoms with van der Waals surface area (Å²) in [5.74, 6) is -0.780. The third-order valence-electron chi connectivity index (χ3n) is 2.65. The number of non-ortho nitro benzene ring substituents is 1. The van der Waals surface area contributed by atoms with Crippen LogP contribution in [0.25, 0.3) is 0 Å². The maximum Gasteiger partial charge on any atom is 0.343 e. The van der Waals surface area contributed by atoms with Crippen molar-refractivity contribution in [1.82, 2.24) is 9.78 Å². The number of rotatable bonds is 4. The summed E-state index contributed by atoms with van der Waals surface area (Å²) in [5, 5.41) is 23.7. The number of hydrogen-bond acceptors (Lipinski definition) is 5. The molecule has 2 rings (SSSR count). The highest BCUT2D eigenvalue weighted by Crippen LogP contribution is 2.28. The third kappa shape index (κ3) is 2.44. The van der Waals surface area contributed by atoms with Crippen LogP contribution >= 0.6 is 0 Å². The normalized spacial score (nSPS) is 10.3. The molecule has 1 heterocycles.